The van der Waals surface area contributed by atoms with Gasteiger partial charge in [-0.1, -0.05) is 6.07 Å². The van der Waals surface area contributed by atoms with Crippen LogP contribution in [0.15, 0.2) is 35.5 Å². The molecule has 2 amide bonds. The zero-order chi connectivity index (χ0) is 20.4. The Labute approximate surface area is 154 Å². The van der Waals surface area contributed by atoms with E-state index in [-0.39, 0.29) is 23.4 Å². The number of hydrogen-bond acceptors (Lipinski definition) is 4. The normalized spacial score (nSPS) is 17.8. The van der Waals surface area contributed by atoms with Gasteiger partial charge in [-0.15, -0.1) is 0 Å². The number of carbonyl (C=O) groups excluding carboxylic acids is 3. The molecular weight excluding hydrogens is 365 g/mol. The van der Waals surface area contributed by atoms with Gasteiger partial charge in [-0.2, -0.15) is 13.2 Å². The Balaban J connectivity index is 2.58. The van der Waals surface area contributed by atoms with Crippen LogP contribution >= 0.6 is 0 Å². The molecule has 0 aromatic heterocycles. The van der Waals surface area contributed by atoms with E-state index in [1.54, 1.807) is 6.92 Å². The van der Waals surface area contributed by atoms with Gasteiger partial charge in [0, 0.05) is 24.4 Å². The van der Waals surface area contributed by atoms with Gasteiger partial charge in [-0.05, 0) is 32.0 Å². The Morgan fingerprint density at radius 2 is 2.00 bits per heavy atom. The Hall–Kier alpha value is -2.84. The van der Waals surface area contributed by atoms with Crippen LogP contribution in [0.5, 0.6) is 0 Å². The first kappa shape index (κ1) is 20.5. The molecule has 27 heavy (non-hydrogen) atoms. The van der Waals surface area contributed by atoms with E-state index in [0.717, 1.165) is 24.1 Å². The molecule has 6 nitrogen and oxygen atoms in total. The number of hydrogen-bond donors (Lipinski definition) is 1. The van der Waals surface area contributed by atoms with Crippen LogP contribution in [0.4, 0.5) is 18.9 Å². The third kappa shape index (κ3) is 4.12. The maximum Gasteiger partial charge on any atom is 0.416 e. The number of halogens is 3. The van der Waals surface area contributed by atoms with Crippen LogP contribution in [0.1, 0.15) is 25.8 Å². The highest BCUT2D eigenvalue weighted by molar-refractivity contribution is 6.08. The van der Waals surface area contributed by atoms with Gasteiger partial charge in [0.1, 0.15) is 0 Å². The van der Waals surface area contributed by atoms with Gasteiger partial charge in [0.15, 0.2) is 0 Å². The molecule has 0 spiro atoms. The van der Waals surface area contributed by atoms with Crippen molar-refractivity contribution >= 4 is 23.5 Å². The first-order valence-corrected chi connectivity index (χ1v) is 8.18. The maximum atomic E-state index is 13.0. The second kappa shape index (κ2) is 7.81. The number of methoxy groups -OCH3 is 1. The molecule has 1 aromatic carbocycles. The van der Waals surface area contributed by atoms with E-state index in [1.807, 2.05) is 0 Å². The summed E-state index contributed by atoms with van der Waals surface area (Å²) < 4.78 is 43.7. The number of amides is 2. The van der Waals surface area contributed by atoms with E-state index in [1.165, 1.54) is 19.1 Å². The molecule has 0 unspecified atom stereocenters. The van der Waals surface area contributed by atoms with Gasteiger partial charge in [-0.25, -0.2) is 4.79 Å². The van der Waals surface area contributed by atoms with E-state index in [2.05, 4.69) is 5.32 Å². The quantitative estimate of drug-likeness (QED) is 0.810. The van der Waals surface area contributed by atoms with Crippen LogP contribution in [0.3, 0.4) is 0 Å². The van der Waals surface area contributed by atoms with E-state index in [0.29, 0.717) is 6.54 Å². The van der Waals surface area contributed by atoms with Crippen LogP contribution in [0.25, 0.3) is 0 Å². The third-order valence-electron chi connectivity index (χ3n) is 4.21. The summed E-state index contributed by atoms with van der Waals surface area (Å²) in [7, 11) is 1.13. The summed E-state index contributed by atoms with van der Waals surface area (Å²) in [5.41, 5.74) is -0.955. The van der Waals surface area contributed by atoms with E-state index in [4.69, 9.17) is 4.74 Å². The van der Waals surface area contributed by atoms with Crippen molar-refractivity contribution in [1.29, 1.82) is 0 Å². The Morgan fingerprint density at radius 3 is 2.56 bits per heavy atom. The number of ether oxygens (including phenoxy) is 1. The number of nitrogens with one attached hydrogen (secondary N) is 1. The largest absolute Gasteiger partial charge is 0.466 e. The lowest BCUT2D eigenvalue weighted by molar-refractivity contribution is -0.139. The zero-order valence-corrected chi connectivity index (χ0v) is 15.0. The minimum Gasteiger partial charge on any atom is -0.466 e. The van der Waals surface area contributed by atoms with Crippen molar-refractivity contribution in [2.75, 3.05) is 18.6 Å². The van der Waals surface area contributed by atoms with Crippen LogP contribution in [-0.2, 0) is 25.3 Å². The van der Waals surface area contributed by atoms with Gasteiger partial charge in [0.2, 0.25) is 11.8 Å². The molecule has 0 bridgehead atoms. The first-order chi connectivity index (χ1) is 12.6. The van der Waals surface area contributed by atoms with Crippen LogP contribution in [-0.4, -0.2) is 31.4 Å². The molecule has 1 heterocycles. The predicted octanol–water partition coefficient (Wildman–Crippen LogP) is 2.64. The maximum absolute atomic E-state index is 13.0. The standard InChI is InChI=1S/C18H19F3N2O4/c1-4-22-16(25)13-9-14(24)23(10(2)15(13)17(26)27-3)12-7-5-6-11(8-12)18(19,20)21/h5-8,13H,4,9H2,1-3H3,(H,22,25)/t13-/m1/s1. The number of alkyl halides is 3. The molecule has 0 aliphatic carbocycles. The Kier molecular flexibility index (Phi) is 5.92. The Morgan fingerprint density at radius 1 is 1.33 bits per heavy atom. The highest BCUT2D eigenvalue weighted by atomic mass is 19.4. The molecule has 9 heteroatoms. The van der Waals surface area contributed by atoms with Crippen molar-refractivity contribution in [3.05, 3.63) is 41.1 Å². The molecule has 1 atom stereocenters. The lowest BCUT2D eigenvalue weighted by Gasteiger charge is -2.33. The summed E-state index contributed by atoms with van der Waals surface area (Å²) in [5, 5.41) is 2.55. The Bertz CT molecular complexity index is 802. The minimum absolute atomic E-state index is 0.0388. The molecule has 1 aromatic rings. The number of anilines is 1. The van der Waals surface area contributed by atoms with E-state index in [9.17, 15) is 27.6 Å². The number of esters is 1. The van der Waals surface area contributed by atoms with Crippen LogP contribution in [0, 0.1) is 5.92 Å². The summed E-state index contributed by atoms with van der Waals surface area (Å²) in [4.78, 5) is 38.1. The lowest BCUT2D eigenvalue weighted by atomic mass is 9.88. The zero-order valence-electron chi connectivity index (χ0n) is 15.0. The summed E-state index contributed by atoms with van der Waals surface area (Å²) in [5.74, 6) is -2.98. The smallest absolute Gasteiger partial charge is 0.416 e. The average molecular weight is 384 g/mol. The molecule has 0 saturated heterocycles. The summed E-state index contributed by atoms with van der Waals surface area (Å²) in [6, 6.07) is 4.21. The SMILES string of the molecule is CCNC(=O)[C@@H]1CC(=O)N(c2cccc(C(F)(F)F)c2)C(C)=C1C(=O)OC. The third-order valence-corrected chi connectivity index (χ3v) is 4.21. The van der Waals surface area contributed by atoms with Crippen LogP contribution < -0.4 is 10.2 Å². The topological polar surface area (TPSA) is 75.7 Å². The van der Waals surface area contributed by atoms with Gasteiger partial charge in [0.05, 0.1) is 24.2 Å². The molecular formula is C18H19F3N2O4. The number of rotatable bonds is 4. The summed E-state index contributed by atoms with van der Waals surface area (Å²) in [6.45, 7) is 3.38. The van der Waals surface area contributed by atoms with E-state index >= 15 is 0 Å². The highest BCUT2D eigenvalue weighted by Crippen LogP contribution is 2.36. The second-order valence-corrected chi connectivity index (χ2v) is 5.92. The molecule has 1 aliphatic rings. The fourth-order valence-electron chi connectivity index (χ4n) is 3.01. The van der Waals surface area contributed by atoms with Crippen molar-refractivity contribution < 1.29 is 32.3 Å². The van der Waals surface area contributed by atoms with Gasteiger partial charge in [0.25, 0.3) is 0 Å². The van der Waals surface area contributed by atoms with Crippen LogP contribution in [0.2, 0.25) is 0 Å². The molecule has 2 rings (SSSR count). The average Bonchev–Trinajstić information content (AvgIpc) is 2.60. The van der Waals surface area contributed by atoms with Gasteiger partial charge < -0.3 is 10.1 Å². The molecule has 0 saturated carbocycles. The molecule has 1 aliphatic heterocycles. The number of nitrogens with zero attached hydrogens (tertiary/aromatic N) is 1. The fourth-order valence-corrected chi connectivity index (χ4v) is 3.01. The highest BCUT2D eigenvalue weighted by Gasteiger charge is 2.40. The molecule has 1 N–H and O–H groups in total. The number of benzene rings is 1. The fraction of sp³-hybridized carbons (Fsp3) is 0.389. The van der Waals surface area contributed by atoms with Crippen molar-refractivity contribution in [1.82, 2.24) is 5.32 Å². The summed E-state index contributed by atoms with van der Waals surface area (Å²) >= 11 is 0. The predicted molar refractivity (Wildman–Crippen MR) is 90.4 cm³/mol. The number of carbonyl (C=O) groups is 3. The van der Waals surface area contributed by atoms with Gasteiger partial charge in [-0.3, -0.25) is 14.5 Å². The van der Waals surface area contributed by atoms with Crippen molar-refractivity contribution in [3.8, 4) is 0 Å². The van der Waals surface area contributed by atoms with Crippen molar-refractivity contribution in [2.45, 2.75) is 26.4 Å². The monoisotopic (exact) mass is 384 g/mol. The lowest BCUT2D eigenvalue weighted by Crippen LogP contribution is -2.44. The van der Waals surface area contributed by atoms with Crippen molar-refractivity contribution in [2.24, 2.45) is 5.92 Å². The molecule has 0 fully saturated rings. The van der Waals surface area contributed by atoms with E-state index < -0.39 is 35.4 Å². The van der Waals surface area contributed by atoms with Crippen molar-refractivity contribution in [3.63, 3.8) is 0 Å². The second-order valence-electron chi connectivity index (χ2n) is 5.92. The number of allylic oxidation sites excluding steroid dienone is 1. The molecule has 0 radical (unpaired) electrons. The summed E-state index contributed by atoms with van der Waals surface area (Å²) in [6.07, 6.45) is -4.94. The minimum atomic E-state index is -4.58. The molecule has 146 valence electrons. The van der Waals surface area contributed by atoms with Gasteiger partial charge >= 0.3 is 12.1 Å². The first-order valence-electron chi connectivity index (χ1n) is 8.18.